The first-order valence-corrected chi connectivity index (χ1v) is 13.5. The lowest BCUT2D eigenvalue weighted by Crippen LogP contribution is -2.50. The maximum absolute atomic E-state index is 12.9. The van der Waals surface area contributed by atoms with Crippen LogP contribution < -0.4 is 21.3 Å². The Balaban J connectivity index is 1.23. The van der Waals surface area contributed by atoms with Gasteiger partial charge in [0.25, 0.3) is 0 Å². The molecule has 1 heterocycles. The topological polar surface area (TPSA) is 130 Å². The maximum Gasteiger partial charge on any atom is 0.408 e. The van der Waals surface area contributed by atoms with Gasteiger partial charge >= 0.3 is 12.1 Å². The first-order chi connectivity index (χ1) is 19.0. The Morgan fingerprint density at radius 2 is 1.85 bits per heavy atom. The van der Waals surface area contributed by atoms with E-state index in [1.54, 1.807) is 0 Å². The van der Waals surface area contributed by atoms with Crippen molar-refractivity contribution in [3.63, 3.8) is 0 Å². The van der Waals surface area contributed by atoms with Crippen LogP contribution in [0.25, 0.3) is 0 Å². The van der Waals surface area contributed by atoms with Gasteiger partial charge in [0.2, 0.25) is 5.91 Å². The number of methoxy groups -OCH3 is 1. The molecule has 1 aliphatic heterocycles. The van der Waals surface area contributed by atoms with Gasteiger partial charge in [-0.25, -0.2) is 9.59 Å². The van der Waals surface area contributed by atoms with Crippen LogP contribution in [0.15, 0.2) is 59.6 Å². The minimum Gasteiger partial charge on any atom is -0.467 e. The van der Waals surface area contributed by atoms with Crippen molar-refractivity contribution in [3.8, 4) is 0 Å². The van der Waals surface area contributed by atoms with Crippen molar-refractivity contribution < 1.29 is 23.9 Å². The molecule has 10 nitrogen and oxygen atoms in total. The summed E-state index contributed by atoms with van der Waals surface area (Å²) >= 11 is 0. The first-order valence-electron chi connectivity index (χ1n) is 13.5. The van der Waals surface area contributed by atoms with Crippen LogP contribution in [0.1, 0.15) is 49.1 Å². The molecule has 1 saturated carbocycles. The average molecular weight is 536 g/mol. The molecule has 208 valence electrons. The number of carbonyl (C=O) groups is 3. The summed E-state index contributed by atoms with van der Waals surface area (Å²) in [5.74, 6) is 0.257. The SMILES string of the molecule is COC(=O)[C@H](CNC(=O)C1CCC(c2cccc(NC3=NCCCN3)c2)CC1)NC(=O)OCc1ccccc1. The van der Waals surface area contributed by atoms with E-state index < -0.39 is 18.1 Å². The second-order valence-electron chi connectivity index (χ2n) is 9.84. The van der Waals surface area contributed by atoms with Gasteiger partial charge in [0.1, 0.15) is 12.6 Å². The van der Waals surface area contributed by atoms with Crippen molar-refractivity contribution in [2.24, 2.45) is 10.9 Å². The number of amides is 2. The van der Waals surface area contributed by atoms with Crippen molar-refractivity contribution >= 4 is 29.6 Å². The van der Waals surface area contributed by atoms with E-state index in [0.29, 0.717) is 5.92 Å². The summed E-state index contributed by atoms with van der Waals surface area (Å²) < 4.78 is 9.99. The van der Waals surface area contributed by atoms with E-state index in [1.807, 2.05) is 42.5 Å². The number of esters is 1. The number of nitrogens with zero attached hydrogens (tertiary/aromatic N) is 1. The largest absolute Gasteiger partial charge is 0.467 e. The molecule has 1 aliphatic carbocycles. The maximum atomic E-state index is 12.9. The molecule has 2 aromatic rings. The lowest BCUT2D eigenvalue weighted by atomic mass is 9.78. The molecule has 1 fully saturated rings. The third-order valence-corrected chi connectivity index (χ3v) is 7.09. The zero-order valence-electron chi connectivity index (χ0n) is 22.3. The number of benzene rings is 2. The molecule has 0 spiro atoms. The van der Waals surface area contributed by atoms with E-state index in [0.717, 1.165) is 62.4 Å². The molecule has 2 amide bonds. The molecule has 4 rings (SSSR count). The van der Waals surface area contributed by atoms with Gasteiger partial charge in [0, 0.05) is 31.2 Å². The molecule has 0 radical (unpaired) electrons. The molecule has 4 N–H and O–H groups in total. The summed E-state index contributed by atoms with van der Waals surface area (Å²) in [4.78, 5) is 41.8. The summed E-state index contributed by atoms with van der Waals surface area (Å²) in [6.07, 6.45) is 3.57. The van der Waals surface area contributed by atoms with Crippen LogP contribution in [0, 0.1) is 5.92 Å². The summed E-state index contributed by atoms with van der Waals surface area (Å²) in [6, 6.07) is 16.5. The molecule has 10 heteroatoms. The van der Waals surface area contributed by atoms with Crippen LogP contribution in [0.3, 0.4) is 0 Å². The van der Waals surface area contributed by atoms with Gasteiger partial charge in [-0.15, -0.1) is 0 Å². The molecule has 0 bridgehead atoms. The molecule has 0 unspecified atom stereocenters. The number of hydrogen-bond acceptors (Lipinski definition) is 8. The molecule has 1 atom stereocenters. The van der Waals surface area contributed by atoms with E-state index in [9.17, 15) is 14.4 Å². The second kappa shape index (κ2) is 14.2. The first kappa shape index (κ1) is 27.9. The average Bonchev–Trinajstić information content (AvgIpc) is 2.99. The van der Waals surface area contributed by atoms with E-state index in [2.05, 4.69) is 38.4 Å². The van der Waals surface area contributed by atoms with Crippen molar-refractivity contribution in [2.45, 2.75) is 50.7 Å². The summed E-state index contributed by atoms with van der Waals surface area (Å²) in [7, 11) is 1.24. The Kier molecular flexibility index (Phi) is 10.2. The van der Waals surface area contributed by atoms with Crippen molar-refractivity contribution in [1.82, 2.24) is 16.0 Å². The lowest BCUT2D eigenvalue weighted by molar-refractivity contribution is -0.143. The fraction of sp³-hybridized carbons (Fsp3) is 0.448. The van der Waals surface area contributed by atoms with Crippen LogP contribution in [-0.4, -0.2) is 56.7 Å². The highest BCUT2D eigenvalue weighted by Crippen LogP contribution is 2.36. The van der Waals surface area contributed by atoms with Crippen LogP contribution in [0.2, 0.25) is 0 Å². The molecular weight excluding hydrogens is 498 g/mol. The standard InChI is InChI=1S/C29H37N5O5/c1-38-27(36)25(34-29(37)39-19-20-7-3-2-4-8-20)18-32-26(35)22-13-11-21(12-14-22)23-9-5-10-24(17-23)33-28-30-15-6-16-31-28/h2-5,7-10,17,21-22,25H,6,11-16,18-19H2,1H3,(H,32,35)(H,34,37)(H2,30,31,33)/t21?,22?,25-/m0/s1. The van der Waals surface area contributed by atoms with E-state index in [1.165, 1.54) is 12.7 Å². The lowest BCUT2D eigenvalue weighted by Gasteiger charge is -2.29. The third kappa shape index (κ3) is 8.46. The highest BCUT2D eigenvalue weighted by molar-refractivity contribution is 5.94. The number of alkyl carbamates (subject to hydrolysis) is 1. The van der Waals surface area contributed by atoms with Crippen LogP contribution in [0.4, 0.5) is 10.5 Å². The Morgan fingerprint density at radius 1 is 1.05 bits per heavy atom. The van der Waals surface area contributed by atoms with Crippen molar-refractivity contribution in [2.75, 3.05) is 32.1 Å². The normalized spacial score (nSPS) is 19.5. The number of aliphatic imine (C=N–C) groups is 1. The zero-order valence-corrected chi connectivity index (χ0v) is 22.3. The highest BCUT2D eigenvalue weighted by atomic mass is 16.6. The van der Waals surface area contributed by atoms with Gasteiger partial charge in [-0.05, 0) is 61.3 Å². The molecule has 39 heavy (non-hydrogen) atoms. The number of hydrogen-bond donors (Lipinski definition) is 4. The van der Waals surface area contributed by atoms with Crippen molar-refractivity contribution in [1.29, 1.82) is 0 Å². The summed E-state index contributed by atoms with van der Waals surface area (Å²) in [5, 5.41) is 11.9. The van der Waals surface area contributed by atoms with Gasteiger partial charge in [-0.2, -0.15) is 0 Å². The number of guanidine groups is 1. The molecule has 2 aliphatic rings. The number of rotatable bonds is 9. The number of ether oxygens (including phenoxy) is 2. The Morgan fingerprint density at radius 3 is 2.56 bits per heavy atom. The van der Waals surface area contributed by atoms with Crippen LogP contribution >= 0.6 is 0 Å². The minimum absolute atomic E-state index is 0.0702. The van der Waals surface area contributed by atoms with Crippen LogP contribution in [-0.2, 0) is 25.7 Å². The van der Waals surface area contributed by atoms with Gasteiger partial charge < -0.3 is 30.7 Å². The van der Waals surface area contributed by atoms with Gasteiger partial charge in [0.15, 0.2) is 5.96 Å². The summed E-state index contributed by atoms with van der Waals surface area (Å²) in [5.41, 5.74) is 3.08. The number of anilines is 1. The molecule has 0 saturated heterocycles. The molecule has 2 aromatic carbocycles. The van der Waals surface area contributed by atoms with Crippen LogP contribution in [0.5, 0.6) is 0 Å². The predicted octanol–water partition coefficient (Wildman–Crippen LogP) is 3.31. The van der Waals surface area contributed by atoms with E-state index >= 15 is 0 Å². The smallest absolute Gasteiger partial charge is 0.408 e. The zero-order chi connectivity index (χ0) is 27.5. The van der Waals surface area contributed by atoms with Gasteiger partial charge in [-0.1, -0.05) is 42.5 Å². The van der Waals surface area contributed by atoms with E-state index in [4.69, 9.17) is 9.47 Å². The number of carbonyl (C=O) groups excluding carboxylic acids is 3. The minimum atomic E-state index is -1.04. The van der Waals surface area contributed by atoms with Crippen molar-refractivity contribution in [3.05, 3.63) is 65.7 Å². The predicted molar refractivity (Wildman–Crippen MR) is 148 cm³/mol. The fourth-order valence-electron chi connectivity index (χ4n) is 4.90. The van der Waals surface area contributed by atoms with Gasteiger partial charge in [0.05, 0.1) is 7.11 Å². The monoisotopic (exact) mass is 535 g/mol. The fourth-order valence-corrected chi connectivity index (χ4v) is 4.90. The molecular formula is C29H37N5O5. The Labute approximate surface area is 228 Å². The second-order valence-corrected chi connectivity index (χ2v) is 9.84. The van der Waals surface area contributed by atoms with Gasteiger partial charge in [-0.3, -0.25) is 9.79 Å². The van der Waals surface area contributed by atoms with E-state index in [-0.39, 0.29) is 25.0 Å². The Bertz CT molecular complexity index is 1150. The molecule has 0 aromatic heterocycles. The highest BCUT2D eigenvalue weighted by Gasteiger charge is 2.29. The Hall–Kier alpha value is -4.08. The number of nitrogens with one attached hydrogen (secondary N) is 4. The quantitative estimate of drug-likeness (QED) is 0.363. The third-order valence-electron chi connectivity index (χ3n) is 7.09. The summed E-state index contributed by atoms with van der Waals surface area (Å²) in [6.45, 7) is 1.75.